The maximum atomic E-state index is 5.90. The summed E-state index contributed by atoms with van der Waals surface area (Å²) in [5.41, 5.74) is 8.36. The van der Waals surface area contributed by atoms with Crippen LogP contribution in [0.25, 0.3) is 0 Å². The number of nitrogens with two attached hydrogens (primary N) is 1. The second-order valence-corrected chi connectivity index (χ2v) is 6.97. The first-order valence-electron chi connectivity index (χ1n) is 8.97. The van der Waals surface area contributed by atoms with Gasteiger partial charge >= 0.3 is 0 Å². The molecule has 6 heteroatoms. The van der Waals surface area contributed by atoms with Crippen LogP contribution in [-0.4, -0.2) is 55.9 Å². The van der Waals surface area contributed by atoms with E-state index in [4.69, 9.17) is 15.2 Å². The topological polar surface area (TPSA) is 72.1 Å². The van der Waals surface area contributed by atoms with Gasteiger partial charge in [0.15, 0.2) is 5.96 Å². The van der Waals surface area contributed by atoms with Gasteiger partial charge in [-0.1, -0.05) is 24.3 Å². The highest BCUT2D eigenvalue weighted by Gasteiger charge is 2.21. The van der Waals surface area contributed by atoms with E-state index in [1.165, 1.54) is 5.56 Å². The predicted molar refractivity (Wildman–Crippen MR) is 102 cm³/mol. The van der Waals surface area contributed by atoms with E-state index in [2.05, 4.69) is 53.3 Å². The minimum Gasteiger partial charge on any atom is -0.383 e. The third kappa shape index (κ3) is 7.02. The van der Waals surface area contributed by atoms with Crippen molar-refractivity contribution in [1.29, 1.82) is 0 Å². The summed E-state index contributed by atoms with van der Waals surface area (Å²) in [4.78, 5) is 6.83. The highest BCUT2D eigenvalue weighted by atomic mass is 16.5. The highest BCUT2D eigenvalue weighted by Crippen LogP contribution is 2.15. The number of guanidine groups is 1. The average molecular weight is 348 g/mol. The molecule has 3 unspecified atom stereocenters. The van der Waals surface area contributed by atoms with Gasteiger partial charge in [0.05, 0.1) is 25.4 Å². The molecular weight excluding hydrogens is 316 g/mol. The van der Waals surface area contributed by atoms with Crippen molar-refractivity contribution in [2.75, 3.05) is 26.8 Å². The molecular formula is C19H32N4O2. The molecule has 0 radical (unpaired) electrons. The van der Waals surface area contributed by atoms with Gasteiger partial charge < -0.3 is 20.5 Å². The SMILES string of the molecule is COCC(C)NC(N)=NCc1ccc(CN2CC(C)OC(C)C2)cc1. The summed E-state index contributed by atoms with van der Waals surface area (Å²) in [6.07, 6.45) is 0.599. The highest BCUT2D eigenvalue weighted by molar-refractivity contribution is 5.78. The Morgan fingerprint density at radius 3 is 2.48 bits per heavy atom. The van der Waals surface area contributed by atoms with E-state index < -0.39 is 0 Å². The van der Waals surface area contributed by atoms with E-state index in [1.807, 2.05) is 6.92 Å². The van der Waals surface area contributed by atoms with Crippen molar-refractivity contribution < 1.29 is 9.47 Å². The third-order valence-electron chi connectivity index (χ3n) is 4.17. The smallest absolute Gasteiger partial charge is 0.189 e. The van der Waals surface area contributed by atoms with Crippen molar-refractivity contribution in [3.05, 3.63) is 35.4 Å². The van der Waals surface area contributed by atoms with Gasteiger partial charge in [-0.05, 0) is 31.9 Å². The maximum absolute atomic E-state index is 5.90. The normalized spacial score (nSPS) is 23.4. The van der Waals surface area contributed by atoms with Crippen LogP contribution in [0.4, 0.5) is 0 Å². The van der Waals surface area contributed by atoms with Gasteiger partial charge in [0.25, 0.3) is 0 Å². The molecule has 0 amide bonds. The zero-order valence-corrected chi connectivity index (χ0v) is 15.9. The summed E-state index contributed by atoms with van der Waals surface area (Å²) in [6.45, 7) is 10.4. The number of methoxy groups -OCH3 is 1. The minimum atomic E-state index is 0.148. The number of benzene rings is 1. The Kier molecular flexibility index (Phi) is 7.68. The number of hydrogen-bond donors (Lipinski definition) is 2. The molecule has 1 aromatic rings. The lowest BCUT2D eigenvalue weighted by Gasteiger charge is -2.35. The Balaban J connectivity index is 1.83. The molecule has 0 aliphatic carbocycles. The molecule has 3 N–H and O–H groups in total. The maximum Gasteiger partial charge on any atom is 0.189 e. The third-order valence-corrected chi connectivity index (χ3v) is 4.17. The monoisotopic (exact) mass is 348 g/mol. The van der Waals surface area contributed by atoms with E-state index in [0.29, 0.717) is 31.3 Å². The second-order valence-electron chi connectivity index (χ2n) is 6.97. The fourth-order valence-electron chi connectivity index (χ4n) is 3.19. The Hall–Kier alpha value is -1.63. The van der Waals surface area contributed by atoms with E-state index in [-0.39, 0.29) is 6.04 Å². The van der Waals surface area contributed by atoms with Crippen molar-refractivity contribution in [2.45, 2.75) is 52.1 Å². The van der Waals surface area contributed by atoms with Crippen LogP contribution in [0.2, 0.25) is 0 Å². The Morgan fingerprint density at radius 2 is 1.88 bits per heavy atom. The molecule has 2 rings (SSSR count). The zero-order chi connectivity index (χ0) is 18.2. The van der Waals surface area contributed by atoms with Crippen LogP contribution in [0, 0.1) is 0 Å². The van der Waals surface area contributed by atoms with Crippen LogP contribution in [0.1, 0.15) is 31.9 Å². The van der Waals surface area contributed by atoms with Crippen LogP contribution >= 0.6 is 0 Å². The summed E-state index contributed by atoms with van der Waals surface area (Å²) in [7, 11) is 1.67. The summed E-state index contributed by atoms with van der Waals surface area (Å²) in [6, 6.07) is 8.74. The lowest BCUT2D eigenvalue weighted by atomic mass is 10.1. The summed E-state index contributed by atoms with van der Waals surface area (Å²) in [5, 5.41) is 3.11. The molecule has 1 aromatic carbocycles. The molecule has 25 heavy (non-hydrogen) atoms. The van der Waals surface area contributed by atoms with Gasteiger partial charge in [0.2, 0.25) is 0 Å². The molecule has 1 fully saturated rings. The molecule has 1 aliphatic heterocycles. The Bertz CT molecular complexity index is 537. The quantitative estimate of drug-likeness (QED) is 0.580. The minimum absolute atomic E-state index is 0.148. The van der Waals surface area contributed by atoms with Gasteiger partial charge in [0.1, 0.15) is 0 Å². The first-order valence-corrected chi connectivity index (χ1v) is 8.97. The fourth-order valence-corrected chi connectivity index (χ4v) is 3.19. The molecule has 1 saturated heterocycles. The van der Waals surface area contributed by atoms with Gasteiger partial charge in [-0.25, -0.2) is 4.99 Å². The number of morpholine rings is 1. The molecule has 0 spiro atoms. The lowest BCUT2D eigenvalue weighted by Crippen LogP contribution is -2.44. The van der Waals surface area contributed by atoms with E-state index in [1.54, 1.807) is 7.11 Å². The van der Waals surface area contributed by atoms with Crippen LogP contribution in [0.3, 0.4) is 0 Å². The lowest BCUT2D eigenvalue weighted by molar-refractivity contribution is -0.0704. The first kappa shape index (κ1) is 19.7. The summed E-state index contributed by atoms with van der Waals surface area (Å²) < 4.78 is 10.9. The number of hydrogen-bond acceptors (Lipinski definition) is 4. The van der Waals surface area contributed by atoms with Gasteiger partial charge in [-0.2, -0.15) is 0 Å². The first-order chi connectivity index (χ1) is 12.0. The molecule has 0 bridgehead atoms. The van der Waals surface area contributed by atoms with Gasteiger partial charge in [-0.15, -0.1) is 0 Å². The number of nitrogens with one attached hydrogen (secondary N) is 1. The molecule has 0 saturated carbocycles. The van der Waals surface area contributed by atoms with Crippen molar-refractivity contribution >= 4 is 5.96 Å². The summed E-state index contributed by atoms with van der Waals surface area (Å²) >= 11 is 0. The molecule has 3 atom stereocenters. The average Bonchev–Trinajstić information content (AvgIpc) is 2.53. The second kappa shape index (κ2) is 9.75. The van der Waals surface area contributed by atoms with Crippen LogP contribution in [0.5, 0.6) is 0 Å². The molecule has 1 aliphatic rings. The predicted octanol–water partition coefficient (Wildman–Crippen LogP) is 1.74. The zero-order valence-electron chi connectivity index (χ0n) is 15.9. The van der Waals surface area contributed by atoms with E-state index >= 15 is 0 Å². The number of nitrogens with zero attached hydrogens (tertiary/aromatic N) is 2. The number of ether oxygens (including phenoxy) is 2. The van der Waals surface area contributed by atoms with Gasteiger partial charge in [0, 0.05) is 32.8 Å². The van der Waals surface area contributed by atoms with Gasteiger partial charge in [-0.3, -0.25) is 4.90 Å². The molecule has 1 heterocycles. The Labute approximate surface area is 151 Å². The molecule has 0 aromatic heterocycles. The van der Waals surface area contributed by atoms with Crippen LogP contribution < -0.4 is 11.1 Å². The van der Waals surface area contributed by atoms with E-state index in [9.17, 15) is 0 Å². The summed E-state index contributed by atoms with van der Waals surface area (Å²) in [5.74, 6) is 0.449. The van der Waals surface area contributed by atoms with Crippen molar-refractivity contribution in [3.63, 3.8) is 0 Å². The number of aliphatic imine (C=N–C) groups is 1. The van der Waals surface area contributed by atoms with Crippen molar-refractivity contribution in [3.8, 4) is 0 Å². The standard InChI is InChI=1S/C19H32N4O2/c1-14(13-24-4)22-19(20)21-9-17-5-7-18(8-6-17)12-23-10-15(2)25-16(3)11-23/h5-8,14-16H,9-13H2,1-4H3,(H3,20,21,22). The van der Waals surface area contributed by atoms with Crippen LogP contribution in [0.15, 0.2) is 29.3 Å². The van der Waals surface area contributed by atoms with Crippen molar-refractivity contribution in [1.82, 2.24) is 10.2 Å². The molecule has 140 valence electrons. The number of rotatable bonds is 7. The van der Waals surface area contributed by atoms with Crippen molar-refractivity contribution in [2.24, 2.45) is 10.7 Å². The fraction of sp³-hybridized carbons (Fsp3) is 0.632. The largest absolute Gasteiger partial charge is 0.383 e. The van der Waals surface area contributed by atoms with E-state index in [0.717, 1.165) is 25.2 Å². The van der Waals surface area contributed by atoms with Crippen LogP contribution in [-0.2, 0) is 22.6 Å². The molecule has 6 nitrogen and oxygen atoms in total. The Morgan fingerprint density at radius 1 is 1.28 bits per heavy atom.